The lowest BCUT2D eigenvalue weighted by atomic mass is 10.1. The molecule has 1 amide bonds. The largest absolute Gasteiger partial charge is 0.325 e. The van der Waals surface area contributed by atoms with Crippen molar-refractivity contribution in [3.8, 4) is 0 Å². The monoisotopic (exact) mass is 379 g/mol. The molecule has 1 N–H and O–H groups in total. The predicted octanol–water partition coefficient (Wildman–Crippen LogP) is 4.27. The summed E-state index contributed by atoms with van der Waals surface area (Å²) in [7, 11) is 0. The van der Waals surface area contributed by atoms with Crippen LogP contribution in [-0.4, -0.2) is 34.7 Å². The van der Waals surface area contributed by atoms with Gasteiger partial charge in [-0.1, -0.05) is 12.1 Å². The van der Waals surface area contributed by atoms with E-state index in [2.05, 4.69) is 16.3 Å². The summed E-state index contributed by atoms with van der Waals surface area (Å²) in [6.07, 6.45) is 2.10. The Morgan fingerprint density at radius 2 is 1.96 bits per heavy atom. The highest BCUT2D eigenvalue weighted by Gasteiger charge is 2.30. The molecule has 3 aromatic rings. The SMILES string of the molecule is CC(=O)c1ccc(NC(=O)CN2CCC[C@H]2c2nc3ccccc3s2)cc1. The van der Waals surface area contributed by atoms with Crippen LogP contribution in [0.25, 0.3) is 10.2 Å². The Bertz CT molecular complexity index is 948. The molecule has 1 aliphatic heterocycles. The molecule has 0 spiro atoms. The average molecular weight is 379 g/mol. The predicted molar refractivity (Wildman–Crippen MR) is 108 cm³/mol. The second-order valence-electron chi connectivity index (χ2n) is 6.83. The Balaban J connectivity index is 1.43. The molecule has 0 saturated carbocycles. The Labute approximate surface area is 162 Å². The van der Waals surface area contributed by atoms with Gasteiger partial charge >= 0.3 is 0 Å². The van der Waals surface area contributed by atoms with E-state index in [0.717, 1.165) is 29.9 Å². The number of fused-ring (bicyclic) bond motifs is 1. The first-order valence-corrected chi connectivity index (χ1v) is 9.92. The van der Waals surface area contributed by atoms with Gasteiger partial charge in [0.1, 0.15) is 5.01 Å². The van der Waals surface area contributed by atoms with Crippen LogP contribution in [0.3, 0.4) is 0 Å². The van der Waals surface area contributed by atoms with Crippen LogP contribution in [0.1, 0.15) is 41.2 Å². The van der Waals surface area contributed by atoms with Gasteiger partial charge < -0.3 is 5.32 Å². The first kappa shape index (κ1) is 17.8. The molecule has 27 heavy (non-hydrogen) atoms. The summed E-state index contributed by atoms with van der Waals surface area (Å²) >= 11 is 1.72. The molecule has 2 heterocycles. The molecular weight excluding hydrogens is 358 g/mol. The van der Waals surface area contributed by atoms with Gasteiger partial charge in [0.25, 0.3) is 0 Å². The summed E-state index contributed by atoms with van der Waals surface area (Å²) < 4.78 is 1.19. The number of thiazole rings is 1. The number of hydrogen-bond acceptors (Lipinski definition) is 5. The van der Waals surface area contributed by atoms with Gasteiger partial charge in [0.15, 0.2) is 5.78 Å². The quantitative estimate of drug-likeness (QED) is 0.672. The number of aromatic nitrogens is 1. The molecule has 0 aliphatic carbocycles. The number of Topliss-reactive ketones (excluding diaryl/α,β-unsaturated/α-hetero) is 1. The van der Waals surface area contributed by atoms with Gasteiger partial charge in [0, 0.05) is 11.3 Å². The number of carbonyl (C=O) groups is 2. The van der Waals surface area contributed by atoms with Crippen LogP contribution in [-0.2, 0) is 4.79 Å². The second kappa shape index (κ2) is 7.58. The smallest absolute Gasteiger partial charge is 0.238 e. The average Bonchev–Trinajstić information content (AvgIpc) is 3.28. The fourth-order valence-electron chi connectivity index (χ4n) is 3.50. The van der Waals surface area contributed by atoms with E-state index in [0.29, 0.717) is 17.8 Å². The normalized spacial score (nSPS) is 17.3. The van der Waals surface area contributed by atoms with Crippen LogP contribution in [0.4, 0.5) is 5.69 Å². The van der Waals surface area contributed by atoms with E-state index in [1.54, 1.807) is 35.6 Å². The summed E-state index contributed by atoms with van der Waals surface area (Å²) in [4.78, 5) is 30.8. The number of amides is 1. The minimum absolute atomic E-state index is 0.0172. The first-order valence-electron chi connectivity index (χ1n) is 9.10. The number of hydrogen-bond donors (Lipinski definition) is 1. The van der Waals surface area contributed by atoms with Gasteiger partial charge in [0.2, 0.25) is 5.91 Å². The maximum absolute atomic E-state index is 12.5. The summed E-state index contributed by atoms with van der Waals surface area (Å²) in [5, 5.41) is 4.01. The van der Waals surface area contributed by atoms with Crippen molar-refractivity contribution in [3.63, 3.8) is 0 Å². The van der Waals surface area contributed by atoms with Crippen molar-refractivity contribution >= 4 is 38.9 Å². The van der Waals surface area contributed by atoms with Gasteiger partial charge in [-0.05, 0) is 62.7 Å². The molecule has 0 unspecified atom stereocenters. The van der Waals surface area contributed by atoms with Crippen molar-refractivity contribution in [1.82, 2.24) is 9.88 Å². The van der Waals surface area contributed by atoms with E-state index in [4.69, 9.17) is 4.98 Å². The summed E-state index contributed by atoms with van der Waals surface area (Å²) in [5.41, 5.74) is 2.38. The van der Waals surface area contributed by atoms with E-state index in [-0.39, 0.29) is 17.7 Å². The number of para-hydroxylation sites is 1. The fraction of sp³-hybridized carbons (Fsp3) is 0.286. The maximum atomic E-state index is 12.5. The Morgan fingerprint density at radius 3 is 2.70 bits per heavy atom. The lowest BCUT2D eigenvalue weighted by molar-refractivity contribution is -0.117. The van der Waals surface area contributed by atoms with Gasteiger partial charge in [-0.3, -0.25) is 14.5 Å². The van der Waals surface area contributed by atoms with E-state index in [1.807, 2.05) is 18.2 Å². The zero-order valence-electron chi connectivity index (χ0n) is 15.1. The van der Waals surface area contributed by atoms with Crippen molar-refractivity contribution in [2.24, 2.45) is 0 Å². The van der Waals surface area contributed by atoms with Crippen molar-refractivity contribution in [2.75, 3.05) is 18.4 Å². The van der Waals surface area contributed by atoms with E-state index < -0.39 is 0 Å². The third-order valence-electron chi connectivity index (χ3n) is 4.88. The first-order chi connectivity index (χ1) is 13.1. The van der Waals surface area contributed by atoms with Crippen LogP contribution in [0.2, 0.25) is 0 Å². The summed E-state index contributed by atoms with van der Waals surface area (Å²) in [6.45, 7) is 2.77. The highest BCUT2D eigenvalue weighted by atomic mass is 32.1. The standard InChI is InChI=1S/C21H21N3O2S/c1-14(25)15-8-10-16(11-9-15)22-20(26)13-24-12-4-6-18(24)21-23-17-5-2-3-7-19(17)27-21/h2-3,5,7-11,18H,4,6,12-13H2,1H3,(H,22,26)/t18-/m0/s1. The molecule has 1 fully saturated rings. The number of nitrogens with one attached hydrogen (secondary N) is 1. The maximum Gasteiger partial charge on any atom is 0.238 e. The van der Waals surface area contributed by atoms with Crippen LogP contribution in [0, 0.1) is 0 Å². The number of benzene rings is 2. The van der Waals surface area contributed by atoms with E-state index in [9.17, 15) is 9.59 Å². The zero-order valence-corrected chi connectivity index (χ0v) is 16.0. The van der Waals surface area contributed by atoms with Crippen LogP contribution < -0.4 is 5.32 Å². The minimum Gasteiger partial charge on any atom is -0.325 e. The number of carbonyl (C=O) groups excluding carboxylic acids is 2. The van der Waals surface area contributed by atoms with Gasteiger partial charge in [-0.2, -0.15) is 0 Å². The second-order valence-corrected chi connectivity index (χ2v) is 7.89. The molecule has 138 valence electrons. The van der Waals surface area contributed by atoms with Gasteiger partial charge in [0.05, 0.1) is 22.8 Å². The molecule has 6 heteroatoms. The summed E-state index contributed by atoms with van der Waals surface area (Å²) in [5.74, 6) is -0.0257. The number of likely N-dealkylation sites (tertiary alicyclic amines) is 1. The molecule has 2 aromatic carbocycles. The number of nitrogens with zero attached hydrogens (tertiary/aromatic N) is 2. The number of anilines is 1. The molecule has 1 aliphatic rings. The van der Waals surface area contributed by atoms with Crippen molar-refractivity contribution in [1.29, 1.82) is 0 Å². The van der Waals surface area contributed by atoms with Gasteiger partial charge in [-0.25, -0.2) is 4.98 Å². The number of ketones is 1. The Morgan fingerprint density at radius 1 is 1.19 bits per heavy atom. The van der Waals surface area contributed by atoms with E-state index in [1.165, 1.54) is 11.6 Å². The van der Waals surface area contributed by atoms with Crippen molar-refractivity contribution in [3.05, 3.63) is 59.1 Å². The third-order valence-corrected chi connectivity index (χ3v) is 6.02. The lowest BCUT2D eigenvalue weighted by Gasteiger charge is -2.22. The van der Waals surface area contributed by atoms with Crippen molar-refractivity contribution in [2.45, 2.75) is 25.8 Å². The highest BCUT2D eigenvalue weighted by molar-refractivity contribution is 7.18. The third kappa shape index (κ3) is 3.91. The van der Waals surface area contributed by atoms with Crippen LogP contribution >= 0.6 is 11.3 Å². The topological polar surface area (TPSA) is 62.3 Å². The fourth-order valence-corrected chi connectivity index (χ4v) is 4.64. The van der Waals surface area contributed by atoms with Crippen LogP contribution in [0.5, 0.6) is 0 Å². The van der Waals surface area contributed by atoms with Crippen molar-refractivity contribution < 1.29 is 9.59 Å². The molecule has 1 aromatic heterocycles. The van der Waals surface area contributed by atoms with E-state index >= 15 is 0 Å². The highest BCUT2D eigenvalue weighted by Crippen LogP contribution is 2.36. The lowest BCUT2D eigenvalue weighted by Crippen LogP contribution is -2.32. The number of rotatable bonds is 5. The van der Waals surface area contributed by atoms with Crippen LogP contribution in [0.15, 0.2) is 48.5 Å². The minimum atomic E-state index is -0.0430. The Kier molecular flexibility index (Phi) is 5.01. The molecule has 1 atom stereocenters. The molecule has 0 bridgehead atoms. The zero-order chi connectivity index (χ0) is 18.8. The molecule has 4 rings (SSSR count). The van der Waals surface area contributed by atoms with Gasteiger partial charge in [-0.15, -0.1) is 11.3 Å². The molecule has 0 radical (unpaired) electrons. The molecule has 1 saturated heterocycles. The molecular formula is C21H21N3O2S. The summed E-state index contributed by atoms with van der Waals surface area (Å²) in [6, 6.07) is 15.4. The Hall–Kier alpha value is -2.57. The molecule has 5 nitrogen and oxygen atoms in total.